The van der Waals surface area contributed by atoms with E-state index in [9.17, 15) is 9.59 Å². The summed E-state index contributed by atoms with van der Waals surface area (Å²) in [6.07, 6.45) is 0. The van der Waals surface area contributed by atoms with Crippen molar-refractivity contribution < 1.29 is 19.1 Å². The number of nitrogens with two attached hydrogens (primary N) is 1. The molecule has 0 bridgehead atoms. The van der Waals surface area contributed by atoms with Crippen molar-refractivity contribution in [1.82, 2.24) is 9.88 Å². The minimum atomic E-state index is -0.525. The van der Waals surface area contributed by atoms with Crippen molar-refractivity contribution in [3.05, 3.63) is 65.7 Å². The van der Waals surface area contributed by atoms with E-state index in [1.165, 1.54) is 0 Å². The van der Waals surface area contributed by atoms with Crippen LogP contribution in [0.1, 0.15) is 20.7 Å². The number of aromatic nitrogens is 1. The maximum Gasteiger partial charge on any atom is 0.254 e. The largest absolute Gasteiger partial charge is 0.496 e. The highest BCUT2D eigenvalue weighted by Crippen LogP contribution is 2.36. The molecule has 32 heavy (non-hydrogen) atoms. The Morgan fingerprint density at radius 1 is 1.03 bits per heavy atom. The van der Waals surface area contributed by atoms with Gasteiger partial charge in [-0.1, -0.05) is 24.3 Å². The molecule has 0 atom stereocenters. The van der Waals surface area contributed by atoms with Gasteiger partial charge in [0.15, 0.2) is 0 Å². The number of morpholine rings is 1. The van der Waals surface area contributed by atoms with Crippen LogP contribution in [0.3, 0.4) is 0 Å². The number of aromatic amines is 1. The van der Waals surface area contributed by atoms with Crippen molar-refractivity contribution in [2.75, 3.05) is 33.4 Å². The number of benzene rings is 3. The smallest absolute Gasteiger partial charge is 0.254 e. The number of H-pyrrole nitrogens is 1. The highest BCUT2D eigenvalue weighted by atomic mass is 16.5. The van der Waals surface area contributed by atoms with Crippen LogP contribution in [0.5, 0.6) is 5.75 Å². The van der Waals surface area contributed by atoms with E-state index in [1.807, 2.05) is 48.5 Å². The molecule has 7 nitrogen and oxygen atoms in total. The Morgan fingerprint density at radius 2 is 1.81 bits per heavy atom. The van der Waals surface area contributed by atoms with Gasteiger partial charge in [0.05, 0.1) is 31.4 Å². The Kier molecular flexibility index (Phi) is 5.03. The fraction of sp³-hybridized carbons (Fsp3) is 0.200. The normalized spacial score (nSPS) is 14.1. The number of methoxy groups -OCH3 is 1. The van der Waals surface area contributed by atoms with Gasteiger partial charge < -0.3 is 25.1 Å². The second kappa shape index (κ2) is 8.01. The van der Waals surface area contributed by atoms with Gasteiger partial charge in [-0.2, -0.15) is 0 Å². The molecular weight excluding hydrogens is 406 g/mol. The van der Waals surface area contributed by atoms with E-state index in [4.69, 9.17) is 15.2 Å². The first-order valence-electron chi connectivity index (χ1n) is 10.5. The summed E-state index contributed by atoms with van der Waals surface area (Å²) in [6, 6.07) is 17.0. The lowest BCUT2D eigenvalue weighted by atomic mass is 9.98. The summed E-state index contributed by atoms with van der Waals surface area (Å²) in [5.41, 5.74) is 9.85. The number of nitrogens with zero attached hydrogens (tertiary/aromatic N) is 1. The second-order valence-corrected chi connectivity index (χ2v) is 7.80. The number of hydrogen-bond donors (Lipinski definition) is 2. The molecule has 5 rings (SSSR count). The molecule has 7 heteroatoms. The standard InChI is InChI=1S/C25H23N3O4/c1-31-22-5-3-2-4-17(22)16-12-19-18-7-6-15(25(30)28-8-10-32-11-9-28)14-21(18)27-23(19)20(13-16)24(26)29/h2-7,12-14,27H,8-11H2,1H3,(H2,26,29). The first-order valence-corrected chi connectivity index (χ1v) is 10.5. The number of carbonyl (C=O) groups excluding carboxylic acids is 2. The lowest BCUT2D eigenvalue weighted by Gasteiger charge is -2.26. The van der Waals surface area contributed by atoms with Gasteiger partial charge in [-0.15, -0.1) is 0 Å². The molecule has 0 saturated carbocycles. The molecule has 3 aromatic carbocycles. The van der Waals surface area contributed by atoms with Crippen molar-refractivity contribution in [2.24, 2.45) is 5.73 Å². The summed E-state index contributed by atoms with van der Waals surface area (Å²) in [4.78, 5) is 30.3. The number of primary amides is 1. The molecule has 1 aliphatic heterocycles. The van der Waals surface area contributed by atoms with Gasteiger partial charge in [-0.3, -0.25) is 9.59 Å². The van der Waals surface area contributed by atoms with Crippen LogP contribution in [0.15, 0.2) is 54.6 Å². The summed E-state index contributed by atoms with van der Waals surface area (Å²) < 4.78 is 10.8. The summed E-state index contributed by atoms with van der Waals surface area (Å²) >= 11 is 0. The van der Waals surface area contributed by atoms with E-state index in [0.717, 1.165) is 27.4 Å². The van der Waals surface area contributed by atoms with Gasteiger partial charge >= 0.3 is 0 Å². The lowest BCUT2D eigenvalue weighted by Crippen LogP contribution is -2.40. The van der Waals surface area contributed by atoms with E-state index >= 15 is 0 Å². The lowest BCUT2D eigenvalue weighted by molar-refractivity contribution is 0.0303. The number of ether oxygens (including phenoxy) is 2. The highest BCUT2D eigenvalue weighted by Gasteiger charge is 2.21. The van der Waals surface area contributed by atoms with Crippen LogP contribution in [0.4, 0.5) is 0 Å². The Bertz CT molecular complexity index is 1350. The number of para-hydroxylation sites is 1. The highest BCUT2D eigenvalue weighted by molar-refractivity contribution is 6.17. The van der Waals surface area contributed by atoms with E-state index < -0.39 is 5.91 Å². The van der Waals surface area contributed by atoms with Gasteiger partial charge in [0, 0.05) is 40.5 Å². The molecule has 0 radical (unpaired) electrons. The van der Waals surface area contributed by atoms with Crippen molar-refractivity contribution >= 4 is 33.6 Å². The SMILES string of the molecule is COc1ccccc1-c1cc(C(N)=O)c2[nH]c3cc(C(=O)N4CCOCC4)ccc3c2c1. The van der Waals surface area contributed by atoms with Crippen molar-refractivity contribution in [3.63, 3.8) is 0 Å². The van der Waals surface area contributed by atoms with Crippen LogP contribution < -0.4 is 10.5 Å². The average Bonchev–Trinajstić information content (AvgIpc) is 3.21. The van der Waals surface area contributed by atoms with Gasteiger partial charge in [-0.05, 0) is 35.9 Å². The predicted octanol–water partition coefficient (Wildman–Crippen LogP) is 3.57. The number of nitrogens with one attached hydrogen (secondary N) is 1. The monoisotopic (exact) mass is 429 g/mol. The van der Waals surface area contributed by atoms with Crippen molar-refractivity contribution in [1.29, 1.82) is 0 Å². The van der Waals surface area contributed by atoms with Gasteiger partial charge in [-0.25, -0.2) is 0 Å². The maximum atomic E-state index is 12.9. The molecule has 162 valence electrons. The third-order valence-electron chi connectivity index (χ3n) is 5.94. The van der Waals surface area contributed by atoms with Gasteiger partial charge in [0.2, 0.25) is 0 Å². The first kappa shape index (κ1) is 20.1. The fourth-order valence-corrected chi connectivity index (χ4v) is 4.32. The molecule has 0 unspecified atom stereocenters. The molecule has 3 N–H and O–H groups in total. The molecule has 1 saturated heterocycles. The van der Waals surface area contributed by atoms with Gasteiger partial charge in [0.25, 0.3) is 11.8 Å². The zero-order chi connectivity index (χ0) is 22.2. The van der Waals surface area contributed by atoms with Crippen LogP contribution in [0, 0.1) is 0 Å². The van der Waals surface area contributed by atoms with Crippen molar-refractivity contribution in [2.45, 2.75) is 0 Å². The molecule has 0 spiro atoms. The minimum absolute atomic E-state index is 0.0290. The van der Waals surface area contributed by atoms with E-state index in [2.05, 4.69) is 4.98 Å². The minimum Gasteiger partial charge on any atom is -0.496 e. The van der Waals surface area contributed by atoms with E-state index in [-0.39, 0.29) is 5.91 Å². The molecule has 2 heterocycles. The molecular formula is C25H23N3O4. The van der Waals surface area contributed by atoms with Crippen LogP contribution in [-0.2, 0) is 4.74 Å². The number of hydrogen-bond acceptors (Lipinski definition) is 4. The van der Waals surface area contributed by atoms with Crippen LogP contribution in [0.25, 0.3) is 32.9 Å². The third kappa shape index (κ3) is 3.36. The Balaban J connectivity index is 1.67. The topological polar surface area (TPSA) is 97.7 Å². The zero-order valence-corrected chi connectivity index (χ0v) is 17.7. The predicted molar refractivity (Wildman–Crippen MR) is 123 cm³/mol. The molecule has 4 aromatic rings. The van der Waals surface area contributed by atoms with E-state index in [0.29, 0.717) is 48.7 Å². The fourth-order valence-electron chi connectivity index (χ4n) is 4.32. The maximum absolute atomic E-state index is 12.9. The Morgan fingerprint density at radius 3 is 2.56 bits per heavy atom. The van der Waals surface area contributed by atoms with Crippen LogP contribution >= 0.6 is 0 Å². The average molecular weight is 429 g/mol. The van der Waals surface area contributed by atoms with Crippen molar-refractivity contribution in [3.8, 4) is 16.9 Å². The number of rotatable bonds is 4. The summed E-state index contributed by atoms with van der Waals surface area (Å²) in [5, 5.41) is 1.78. The summed E-state index contributed by atoms with van der Waals surface area (Å²) in [6.45, 7) is 2.26. The first-order chi connectivity index (χ1) is 15.6. The molecule has 1 aliphatic rings. The Labute approximate surface area is 184 Å². The molecule has 2 amide bonds. The second-order valence-electron chi connectivity index (χ2n) is 7.80. The Hall–Kier alpha value is -3.84. The number of carbonyl (C=O) groups is 2. The third-order valence-corrected chi connectivity index (χ3v) is 5.94. The molecule has 0 aliphatic carbocycles. The number of fused-ring (bicyclic) bond motifs is 3. The van der Waals surface area contributed by atoms with Crippen LogP contribution in [0.2, 0.25) is 0 Å². The number of amides is 2. The molecule has 1 fully saturated rings. The molecule has 1 aromatic heterocycles. The summed E-state index contributed by atoms with van der Waals surface area (Å²) in [7, 11) is 1.62. The van der Waals surface area contributed by atoms with Crippen LogP contribution in [-0.4, -0.2) is 55.1 Å². The quantitative estimate of drug-likeness (QED) is 0.518. The zero-order valence-electron chi connectivity index (χ0n) is 17.7. The van der Waals surface area contributed by atoms with Gasteiger partial charge in [0.1, 0.15) is 5.75 Å². The van der Waals surface area contributed by atoms with E-state index in [1.54, 1.807) is 18.1 Å². The summed E-state index contributed by atoms with van der Waals surface area (Å²) in [5.74, 6) is 0.155.